The molecule has 5 nitrogen and oxygen atoms in total. The molecule has 0 bridgehead atoms. The van der Waals surface area contributed by atoms with E-state index in [1.807, 2.05) is 6.07 Å². The van der Waals surface area contributed by atoms with Gasteiger partial charge in [0.05, 0.1) is 20.3 Å². The van der Waals surface area contributed by atoms with Crippen molar-refractivity contribution in [3.8, 4) is 10.6 Å². The molecule has 3 aromatic rings. The van der Waals surface area contributed by atoms with Crippen LogP contribution in [0.25, 0.3) is 10.6 Å². The average molecular weight is 379 g/mol. The fourth-order valence-corrected chi connectivity index (χ4v) is 6.76. The van der Waals surface area contributed by atoms with Crippen LogP contribution in [-0.4, -0.2) is 23.9 Å². The van der Waals surface area contributed by atoms with Crippen LogP contribution in [0.15, 0.2) is 79.7 Å². The van der Waals surface area contributed by atoms with Crippen LogP contribution in [0.1, 0.15) is 0 Å². The number of pyridine rings is 1. The Bertz CT molecular complexity index is 1070. The summed E-state index contributed by atoms with van der Waals surface area (Å²) in [6, 6.07) is 16.9. The van der Waals surface area contributed by atoms with E-state index in [0.717, 1.165) is 11.3 Å². The minimum atomic E-state index is -4.01. The Morgan fingerprint density at radius 2 is 1.62 bits per heavy atom. The Kier molecular flexibility index (Phi) is 4.53. The third kappa shape index (κ3) is 3.55. The van der Waals surface area contributed by atoms with Crippen LogP contribution in [0.4, 0.5) is 0 Å². The number of rotatable bonds is 4. The second kappa shape index (κ2) is 6.46. The van der Waals surface area contributed by atoms with Gasteiger partial charge in [0.2, 0.25) is 0 Å². The molecule has 8 heteroatoms. The molecule has 0 aliphatic carbocycles. The van der Waals surface area contributed by atoms with E-state index in [4.69, 9.17) is 0 Å². The van der Waals surface area contributed by atoms with Gasteiger partial charge in [0.25, 0.3) is 10.0 Å². The number of thiophene rings is 1. The molecule has 2 aromatic heterocycles. The molecule has 0 saturated carbocycles. The van der Waals surface area contributed by atoms with E-state index in [9.17, 15) is 12.6 Å². The summed E-state index contributed by atoms with van der Waals surface area (Å²) in [4.78, 5) is 5.29. The number of nitrogens with zero attached hydrogens (tertiary/aromatic N) is 2. The average Bonchev–Trinajstić information content (AvgIpc) is 3.07. The van der Waals surface area contributed by atoms with E-state index in [1.54, 1.807) is 54.7 Å². The van der Waals surface area contributed by atoms with Gasteiger partial charge in [-0.3, -0.25) is 4.98 Å². The summed E-state index contributed by atoms with van der Waals surface area (Å²) in [6.07, 6.45) is 2.97. The molecule has 3 rings (SSSR count). The molecule has 0 fully saturated rings. The molecule has 0 spiro atoms. The maximum atomic E-state index is 12.7. The largest absolute Gasteiger partial charge is 0.299 e. The fourth-order valence-electron chi connectivity index (χ4n) is 2.04. The van der Waals surface area contributed by atoms with Gasteiger partial charge in [-0.25, -0.2) is 4.21 Å². The zero-order chi connectivity index (χ0) is 17.2. The number of sulfonamides is 1. The molecule has 0 N–H and O–H groups in total. The monoisotopic (exact) mass is 378 g/mol. The van der Waals surface area contributed by atoms with Crippen molar-refractivity contribution >= 4 is 31.1 Å². The summed E-state index contributed by atoms with van der Waals surface area (Å²) in [6.45, 7) is 0. The van der Waals surface area contributed by atoms with Crippen molar-refractivity contribution in [3.63, 3.8) is 0 Å². The molecule has 24 heavy (non-hydrogen) atoms. The third-order valence-electron chi connectivity index (χ3n) is 3.17. The van der Waals surface area contributed by atoms with E-state index in [1.165, 1.54) is 12.3 Å². The van der Waals surface area contributed by atoms with Crippen molar-refractivity contribution in [1.82, 2.24) is 4.98 Å². The zero-order valence-corrected chi connectivity index (χ0v) is 15.1. The smallest absolute Gasteiger partial charge is 0.255 e. The number of benzene rings is 1. The maximum absolute atomic E-state index is 12.7. The van der Waals surface area contributed by atoms with Crippen LogP contribution < -0.4 is 0 Å². The highest BCUT2D eigenvalue weighted by molar-refractivity contribution is 8.03. The minimum absolute atomic E-state index is 0.0497. The Morgan fingerprint density at radius 1 is 0.917 bits per heavy atom. The lowest BCUT2D eigenvalue weighted by molar-refractivity contribution is 0.600. The molecule has 0 aliphatic rings. The van der Waals surface area contributed by atoms with E-state index in [-0.39, 0.29) is 4.21 Å². The van der Waals surface area contributed by atoms with Gasteiger partial charge in [-0.15, -0.1) is 15.1 Å². The molecule has 0 saturated heterocycles. The van der Waals surface area contributed by atoms with Gasteiger partial charge in [-0.05, 0) is 36.4 Å². The van der Waals surface area contributed by atoms with E-state index in [2.05, 4.69) is 8.75 Å². The second-order valence-corrected chi connectivity index (χ2v) is 10.4. The topological polar surface area (TPSA) is 76.5 Å². The fraction of sp³-hybridized carbons (Fsp3) is 0.0625. The zero-order valence-electron chi connectivity index (χ0n) is 12.7. The van der Waals surface area contributed by atoms with Gasteiger partial charge in [0.15, 0.2) is 0 Å². The van der Waals surface area contributed by atoms with Crippen LogP contribution in [0, 0.1) is 0 Å². The summed E-state index contributed by atoms with van der Waals surface area (Å²) in [7, 11) is -7.06. The Morgan fingerprint density at radius 3 is 2.29 bits per heavy atom. The van der Waals surface area contributed by atoms with Crippen molar-refractivity contribution in [3.05, 3.63) is 66.9 Å². The van der Waals surface area contributed by atoms with Gasteiger partial charge in [0.1, 0.15) is 4.21 Å². The summed E-state index contributed by atoms with van der Waals surface area (Å²) >= 11 is 1.06. The Balaban J connectivity index is 2.02. The van der Waals surface area contributed by atoms with Crippen molar-refractivity contribution < 1.29 is 12.6 Å². The van der Waals surface area contributed by atoms with Crippen molar-refractivity contribution in [2.75, 3.05) is 6.26 Å². The van der Waals surface area contributed by atoms with Gasteiger partial charge < -0.3 is 0 Å². The molecule has 1 aromatic carbocycles. The highest BCUT2D eigenvalue weighted by Crippen LogP contribution is 2.31. The highest BCUT2D eigenvalue weighted by atomic mass is 32.3. The van der Waals surface area contributed by atoms with E-state index in [0.29, 0.717) is 15.5 Å². The Hall–Kier alpha value is -2.03. The highest BCUT2D eigenvalue weighted by Gasteiger charge is 2.20. The predicted octanol–water partition coefficient (Wildman–Crippen LogP) is 3.66. The van der Waals surface area contributed by atoms with Crippen LogP contribution in [0.5, 0.6) is 0 Å². The first-order valence-corrected chi connectivity index (χ1v) is 11.1. The summed E-state index contributed by atoms with van der Waals surface area (Å²) < 4.78 is 41.4. The predicted molar refractivity (Wildman–Crippen MR) is 95.9 cm³/mol. The number of aromatic nitrogens is 1. The first kappa shape index (κ1) is 16.8. The molecule has 1 atom stereocenters. The van der Waals surface area contributed by atoms with Crippen molar-refractivity contribution in [2.45, 2.75) is 9.10 Å². The number of hydrogen-bond acceptors (Lipinski definition) is 5. The van der Waals surface area contributed by atoms with Crippen molar-refractivity contribution in [2.24, 2.45) is 3.77 Å². The maximum Gasteiger partial charge on any atom is 0.299 e. The SMILES string of the molecule is C[S@@](=O)(=NS(=O)(=O)c1ccc(-c2ccccn2)s1)c1ccccc1. The second-order valence-electron chi connectivity index (χ2n) is 5.00. The lowest BCUT2D eigenvalue weighted by atomic mass is 10.3. The van der Waals surface area contributed by atoms with Gasteiger partial charge in [-0.1, -0.05) is 24.3 Å². The van der Waals surface area contributed by atoms with Crippen LogP contribution >= 0.6 is 11.3 Å². The lowest BCUT2D eigenvalue weighted by Gasteiger charge is -2.03. The first-order valence-electron chi connectivity index (χ1n) is 6.93. The molecule has 0 radical (unpaired) electrons. The molecule has 2 heterocycles. The van der Waals surface area contributed by atoms with Crippen LogP contribution in [0.2, 0.25) is 0 Å². The van der Waals surface area contributed by atoms with Gasteiger partial charge >= 0.3 is 0 Å². The van der Waals surface area contributed by atoms with Crippen LogP contribution in [-0.2, 0) is 19.8 Å². The molecule has 0 unspecified atom stereocenters. The van der Waals surface area contributed by atoms with E-state index >= 15 is 0 Å². The molecule has 0 aliphatic heterocycles. The molecular formula is C16H14N2O3S3. The van der Waals surface area contributed by atoms with Gasteiger partial charge in [0, 0.05) is 17.3 Å². The van der Waals surface area contributed by atoms with Gasteiger partial charge in [-0.2, -0.15) is 8.42 Å². The van der Waals surface area contributed by atoms with Crippen molar-refractivity contribution in [1.29, 1.82) is 0 Å². The Labute approximate surface area is 145 Å². The number of hydrogen-bond donors (Lipinski definition) is 0. The summed E-state index contributed by atoms with van der Waals surface area (Å²) in [5, 5.41) is 0. The third-order valence-corrected chi connectivity index (χ3v) is 8.67. The lowest BCUT2D eigenvalue weighted by Crippen LogP contribution is -2.03. The standard InChI is InChI=1S/C16H14N2O3S3/c1-23(19,13-7-3-2-4-8-13)18-24(20,21)16-11-10-15(22-16)14-9-5-6-12-17-14/h2-12H,1H3/t23-/m0/s1. The van der Waals surface area contributed by atoms with E-state index < -0.39 is 19.8 Å². The minimum Gasteiger partial charge on any atom is -0.255 e. The van der Waals surface area contributed by atoms with Crippen LogP contribution in [0.3, 0.4) is 0 Å². The summed E-state index contributed by atoms with van der Waals surface area (Å²) in [5.74, 6) is 0. The normalized spacial score (nSPS) is 14.0. The molecule has 0 amide bonds. The molecular weight excluding hydrogens is 364 g/mol. The quantitative estimate of drug-likeness (QED) is 0.694. The molecule has 124 valence electrons. The first-order chi connectivity index (χ1) is 11.4. The summed E-state index contributed by atoms with van der Waals surface area (Å²) in [5.41, 5.74) is 0.684.